The van der Waals surface area contributed by atoms with Crippen LogP contribution in [0.2, 0.25) is 0 Å². The lowest BCUT2D eigenvalue weighted by molar-refractivity contribution is -0.130. The number of fused-ring (bicyclic) bond motifs is 3. The van der Waals surface area contributed by atoms with Crippen molar-refractivity contribution >= 4 is 21.7 Å². The summed E-state index contributed by atoms with van der Waals surface area (Å²) in [5.74, 6) is 0.973. The fourth-order valence-electron chi connectivity index (χ4n) is 4.41. The summed E-state index contributed by atoms with van der Waals surface area (Å²) in [7, 11) is -3.29. The normalized spacial score (nSPS) is 26.3. The van der Waals surface area contributed by atoms with E-state index in [-0.39, 0.29) is 17.6 Å². The van der Waals surface area contributed by atoms with Crippen molar-refractivity contribution in [2.45, 2.75) is 56.5 Å². The number of carbonyl (C=O) groups excluding carboxylic acids is 1. The minimum Gasteiger partial charge on any atom is -0.341 e. The van der Waals surface area contributed by atoms with E-state index in [4.69, 9.17) is 4.98 Å². The largest absolute Gasteiger partial charge is 0.341 e. The summed E-state index contributed by atoms with van der Waals surface area (Å²) in [6.45, 7) is 6.83. The van der Waals surface area contributed by atoms with Crippen molar-refractivity contribution in [1.82, 2.24) is 14.9 Å². The molecule has 0 saturated carbocycles. The highest BCUT2D eigenvalue weighted by Gasteiger charge is 2.48. The van der Waals surface area contributed by atoms with Crippen LogP contribution in [0.3, 0.4) is 0 Å². The van der Waals surface area contributed by atoms with E-state index in [1.54, 1.807) is 11.1 Å². The van der Waals surface area contributed by atoms with Gasteiger partial charge in [0.05, 0.1) is 16.7 Å². The Labute approximate surface area is 161 Å². The van der Waals surface area contributed by atoms with Crippen LogP contribution >= 0.6 is 0 Å². The van der Waals surface area contributed by atoms with Crippen LogP contribution < -0.4 is 4.90 Å². The number of hydrogen-bond donors (Lipinski definition) is 0. The highest BCUT2D eigenvalue weighted by molar-refractivity contribution is 7.91. The van der Waals surface area contributed by atoms with Crippen molar-refractivity contribution in [2.24, 2.45) is 5.92 Å². The molecule has 0 N–H and O–H groups in total. The van der Waals surface area contributed by atoms with Gasteiger partial charge in [0.25, 0.3) is 0 Å². The van der Waals surface area contributed by atoms with E-state index in [0.717, 1.165) is 38.0 Å². The molecule has 4 rings (SSSR count). The SMILES string of the molecule is CC(C)CCC(=O)N1C[C@H]2c3nc(N4CCCC4)ncc3CS(=O)(=O)[C@H]2C1. The summed E-state index contributed by atoms with van der Waals surface area (Å²) in [4.78, 5) is 25.7. The quantitative estimate of drug-likeness (QED) is 0.776. The minimum absolute atomic E-state index is 0.0161. The fourth-order valence-corrected chi connectivity index (χ4v) is 6.40. The summed E-state index contributed by atoms with van der Waals surface area (Å²) in [5, 5.41) is -0.533. The molecule has 1 amide bonds. The zero-order valence-corrected chi connectivity index (χ0v) is 16.9. The zero-order valence-electron chi connectivity index (χ0n) is 16.1. The molecule has 0 aliphatic carbocycles. The number of sulfone groups is 1. The van der Waals surface area contributed by atoms with Crippen LogP contribution in [0, 0.1) is 5.92 Å². The Hall–Kier alpha value is -1.70. The number of rotatable bonds is 4. The molecule has 0 aromatic carbocycles. The van der Waals surface area contributed by atoms with E-state index in [9.17, 15) is 13.2 Å². The standard InChI is InChI=1S/C19H28N4O3S/c1-13(2)5-6-17(24)23-10-15-16(11-23)27(25,26)12-14-9-20-19(21-18(14)15)22-7-3-4-8-22/h9,13,15-16H,3-8,10-12H2,1-2H3/t15-,16+/m1/s1. The molecule has 2 atom stereocenters. The van der Waals surface area contributed by atoms with Gasteiger partial charge in [-0.15, -0.1) is 0 Å². The molecule has 2 saturated heterocycles. The Morgan fingerprint density at radius 1 is 1.26 bits per heavy atom. The van der Waals surface area contributed by atoms with Gasteiger partial charge >= 0.3 is 0 Å². The van der Waals surface area contributed by atoms with Crippen molar-refractivity contribution in [2.75, 3.05) is 31.1 Å². The van der Waals surface area contributed by atoms with Crippen LogP contribution in [0.4, 0.5) is 5.95 Å². The molecular formula is C19H28N4O3S. The second-order valence-corrected chi connectivity index (χ2v) is 10.7. The maximum absolute atomic E-state index is 12.8. The first-order chi connectivity index (χ1) is 12.8. The summed E-state index contributed by atoms with van der Waals surface area (Å²) in [5.41, 5.74) is 1.54. The van der Waals surface area contributed by atoms with Gasteiger partial charge in [-0.05, 0) is 25.2 Å². The molecular weight excluding hydrogens is 364 g/mol. The summed E-state index contributed by atoms with van der Waals surface area (Å²) < 4.78 is 25.6. The van der Waals surface area contributed by atoms with Crippen molar-refractivity contribution in [1.29, 1.82) is 0 Å². The molecule has 27 heavy (non-hydrogen) atoms. The van der Waals surface area contributed by atoms with Gasteiger partial charge in [0.15, 0.2) is 9.84 Å². The molecule has 0 spiro atoms. The summed E-state index contributed by atoms with van der Waals surface area (Å²) >= 11 is 0. The number of likely N-dealkylation sites (tertiary alicyclic amines) is 1. The second kappa shape index (κ2) is 7.04. The summed E-state index contributed by atoms with van der Waals surface area (Å²) in [6.07, 6.45) is 5.27. The van der Waals surface area contributed by atoms with Gasteiger partial charge in [-0.2, -0.15) is 0 Å². The lowest BCUT2D eigenvalue weighted by Gasteiger charge is -2.27. The fraction of sp³-hybridized carbons (Fsp3) is 0.737. The third-order valence-corrected chi connectivity index (χ3v) is 8.11. The van der Waals surface area contributed by atoms with Gasteiger partial charge in [0.2, 0.25) is 11.9 Å². The first kappa shape index (κ1) is 18.7. The molecule has 1 aromatic heterocycles. The highest BCUT2D eigenvalue weighted by atomic mass is 32.2. The van der Waals surface area contributed by atoms with Crippen molar-refractivity contribution in [3.63, 3.8) is 0 Å². The number of anilines is 1. The van der Waals surface area contributed by atoms with Gasteiger partial charge in [-0.1, -0.05) is 13.8 Å². The predicted octanol–water partition coefficient (Wildman–Crippen LogP) is 1.74. The van der Waals surface area contributed by atoms with Crippen LogP contribution in [-0.2, 0) is 20.4 Å². The van der Waals surface area contributed by atoms with Crippen molar-refractivity contribution < 1.29 is 13.2 Å². The van der Waals surface area contributed by atoms with E-state index < -0.39 is 15.1 Å². The molecule has 8 heteroatoms. The number of hydrogen-bond acceptors (Lipinski definition) is 6. The van der Waals surface area contributed by atoms with Gasteiger partial charge in [-0.3, -0.25) is 4.79 Å². The maximum atomic E-state index is 12.8. The average Bonchev–Trinajstić information content (AvgIpc) is 3.29. The van der Waals surface area contributed by atoms with Gasteiger partial charge in [-0.25, -0.2) is 18.4 Å². The summed E-state index contributed by atoms with van der Waals surface area (Å²) in [6, 6.07) is 0. The first-order valence-electron chi connectivity index (χ1n) is 9.95. The van der Waals surface area contributed by atoms with Gasteiger partial charge in [0, 0.05) is 50.3 Å². The lowest BCUT2D eigenvalue weighted by atomic mass is 10.00. The van der Waals surface area contributed by atoms with Gasteiger partial charge < -0.3 is 9.80 Å². The Morgan fingerprint density at radius 3 is 2.70 bits per heavy atom. The smallest absolute Gasteiger partial charge is 0.225 e. The Kier molecular flexibility index (Phi) is 4.86. The second-order valence-electron chi connectivity index (χ2n) is 8.46. The monoisotopic (exact) mass is 392 g/mol. The van der Waals surface area contributed by atoms with Gasteiger partial charge in [0.1, 0.15) is 0 Å². The molecule has 3 aliphatic rings. The van der Waals surface area contributed by atoms with Crippen LogP contribution in [0.5, 0.6) is 0 Å². The molecule has 0 unspecified atom stereocenters. The highest BCUT2D eigenvalue weighted by Crippen LogP contribution is 2.40. The molecule has 7 nitrogen and oxygen atoms in total. The number of amides is 1. The number of nitrogens with zero attached hydrogens (tertiary/aromatic N) is 4. The van der Waals surface area contributed by atoms with Crippen LogP contribution in [0.1, 0.15) is 56.7 Å². The van der Waals surface area contributed by atoms with Crippen molar-refractivity contribution in [3.8, 4) is 0 Å². The molecule has 4 heterocycles. The maximum Gasteiger partial charge on any atom is 0.225 e. The van der Waals surface area contributed by atoms with Crippen LogP contribution in [-0.4, -0.2) is 60.6 Å². The van der Waals surface area contributed by atoms with E-state index in [1.165, 1.54) is 0 Å². The molecule has 148 valence electrons. The van der Waals surface area contributed by atoms with Crippen LogP contribution in [0.25, 0.3) is 0 Å². The Balaban J connectivity index is 1.61. The molecule has 0 bridgehead atoms. The average molecular weight is 393 g/mol. The van der Waals surface area contributed by atoms with Crippen LogP contribution in [0.15, 0.2) is 6.20 Å². The predicted molar refractivity (Wildman–Crippen MR) is 103 cm³/mol. The minimum atomic E-state index is -3.29. The Bertz CT molecular complexity index is 833. The van der Waals surface area contributed by atoms with E-state index in [2.05, 4.69) is 23.7 Å². The van der Waals surface area contributed by atoms with E-state index in [0.29, 0.717) is 36.9 Å². The first-order valence-corrected chi connectivity index (χ1v) is 11.7. The number of carbonyl (C=O) groups is 1. The molecule has 2 fully saturated rings. The third-order valence-electron chi connectivity index (χ3n) is 6.00. The zero-order chi connectivity index (χ0) is 19.2. The third kappa shape index (κ3) is 3.56. The van der Waals surface area contributed by atoms with Crippen molar-refractivity contribution in [3.05, 3.63) is 17.5 Å². The molecule has 1 aromatic rings. The molecule has 0 radical (unpaired) electrons. The number of aromatic nitrogens is 2. The Morgan fingerprint density at radius 2 is 2.00 bits per heavy atom. The topological polar surface area (TPSA) is 83.5 Å². The van der Waals surface area contributed by atoms with E-state index >= 15 is 0 Å². The van der Waals surface area contributed by atoms with E-state index in [1.807, 2.05) is 0 Å². The molecule has 3 aliphatic heterocycles. The lowest BCUT2D eigenvalue weighted by Crippen LogP contribution is -2.36.